The van der Waals surface area contributed by atoms with E-state index >= 15 is 0 Å². The van der Waals surface area contributed by atoms with Crippen molar-refractivity contribution in [3.05, 3.63) is 139 Å². The smallest absolute Gasteiger partial charge is 0.138 e. The Morgan fingerprint density at radius 2 is 1.28 bits per heavy atom. The first-order valence-corrected chi connectivity index (χ1v) is 15.5. The highest BCUT2D eigenvalue weighted by Gasteiger charge is 2.35. The Hall–Kier alpha value is -5.06. The molecule has 4 aromatic carbocycles. The van der Waals surface area contributed by atoms with E-state index in [1.54, 1.807) is 11.3 Å². The van der Waals surface area contributed by atoms with E-state index in [0.29, 0.717) is 0 Å². The lowest BCUT2D eigenvalue weighted by Gasteiger charge is -2.22. The van der Waals surface area contributed by atoms with Gasteiger partial charge in [0.2, 0.25) is 0 Å². The Labute approximate surface area is 253 Å². The summed E-state index contributed by atoms with van der Waals surface area (Å²) in [6.07, 6.45) is 5.99. The third-order valence-electron chi connectivity index (χ3n) is 9.15. The molecule has 4 heteroatoms. The van der Waals surface area contributed by atoms with Crippen LogP contribution in [-0.2, 0) is 5.41 Å². The van der Waals surface area contributed by atoms with Gasteiger partial charge in [0.25, 0.3) is 0 Å². The van der Waals surface area contributed by atoms with Crippen LogP contribution in [0.1, 0.15) is 25.0 Å². The monoisotopic (exact) mass is 569 g/mol. The number of hydrogen-bond acceptors (Lipinski definition) is 3. The average Bonchev–Trinajstić information content (AvgIpc) is 3.67. The first-order valence-electron chi connectivity index (χ1n) is 14.6. The van der Waals surface area contributed by atoms with Gasteiger partial charge in [0.1, 0.15) is 16.0 Å². The van der Waals surface area contributed by atoms with Crippen LogP contribution in [0.3, 0.4) is 0 Å². The minimum absolute atomic E-state index is 0.0863. The van der Waals surface area contributed by atoms with Crippen molar-refractivity contribution in [1.29, 1.82) is 0 Å². The molecule has 3 nitrogen and oxygen atoms in total. The molecule has 0 radical (unpaired) electrons. The predicted molar refractivity (Wildman–Crippen MR) is 180 cm³/mol. The number of pyridine rings is 2. The Balaban J connectivity index is 1.06. The van der Waals surface area contributed by atoms with Crippen molar-refractivity contribution in [3.8, 4) is 44.5 Å². The summed E-state index contributed by atoms with van der Waals surface area (Å²) in [5.74, 6) is 0. The molecule has 0 spiro atoms. The molecule has 0 amide bonds. The van der Waals surface area contributed by atoms with Crippen LogP contribution in [-0.4, -0.2) is 14.4 Å². The molecule has 0 saturated carbocycles. The maximum absolute atomic E-state index is 4.94. The zero-order valence-corrected chi connectivity index (χ0v) is 24.7. The highest BCUT2D eigenvalue weighted by molar-refractivity contribution is 7.25. The van der Waals surface area contributed by atoms with Crippen LogP contribution >= 0.6 is 11.3 Å². The number of aromatic nitrogens is 3. The minimum Gasteiger partial charge on any atom is -0.290 e. The summed E-state index contributed by atoms with van der Waals surface area (Å²) in [4.78, 5) is 10.5. The highest BCUT2D eigenvalue weighted by Crippen LogP contribution is 2.50. The van der Waals surface area contributed by atoms with E-state index in [2.05, 4.69) is 133 Å². The minimum atomic E-state index is -0.0863. The van der Waals surface area contributed by atoms with Crippen molar-refractivity contribution in [1.82, 2.24) is 14.4 Å². The van der Waals surface area contributed by atoms with E-state index in [4.69, 9.17) is 4.98 Å². The highest BCUT2D eigenvalue weighted by atomic mass is 32.1. The maximum atomic E-state index is 4.94. The number of rotatable bonds is 3. The predicted octanol–water partition coefficient (Wildman–Crippen LogP) is 10.4. The number of benzene rings is 4. The van der Waals surface area contributed by atoms with Crippen LogP contribution in [0.15, 0.2) is 128 Å². The molecular formula is C39H27N3S. The lowest BCUT2D eigenvalue weighted by Crippen LogP contribution is -2.15. The Bertz CT molecular complexity index is 2360. The van der Waals surface area contributed by atoms with E-state index in [9.17, 15) is 0 Å². The van der Waals surface area contributed by atoms with Crippen molar-refractivity contribution in [3.63, 3.8) is 0 Å². The van der Waals surface area contributed by atoms with E-state index < -0.39 is 0 Å². The lowest BCUT2D eigenvalue weighted by molar-refractivity contribution is 0.661. The molecular weight excluding hydrogens is 543 g/mol. The van der Waals surface area contributed by atoms with Crippen LogP contribution in [0, 0.1) is 0 Å². The zero-order valence-electron chi connectivity index (χ0n) is 23.9. The zero-order chi connectivity index (χ0) is 28.7. The summed E-state index contributed by atoms with van der Waals surface area (Å²) in [5, 5.41) is 1.23. The lowest BCUT2D eigenvalue weighted by atomic mass is 9.81. The Kier molecular flexibility index (Phi) is 5.12. The van der Waals surface area contributed by atoms with Gasteiger partial charge in [0, 0.05) is 34.1 Å². The van der Waals surface area contributed by atoms with Gasteiger partial charge in [-0.05, 0) is 92.0 Å². The number of nitrogens with zero attached hydrogens (tertiary/aromatic N) is 3. The molecule has 0 bridgehead atoms. The Morgan fingerprint density at radius 3 is 2.00 bits per heavy atom. The molecule has 9 rings (SSSR count). The number of hydrogen-bond donors (Lipinski definition) is 0. The SMILES string of the molecule is CC1(C)c2cc(-c3ccc(-c4ccc5nc6c7ccccc7sc6n5c4)cc3)ccc2-c2ccc(-c3cccnc3)cc21. The summed E-state index contributed by atoms with van der Waals surface area (Å²) < 4.78 is 3.52. The second-order valence-electron chi connectivity index (χ2n) is 12.0. The molecule has 1 aliphatic carbocycles. The molecule has 0 fully saturated rings. The van der Waals surface area contributed by atoms with Crippen molar-refractivity contribution in [2.24, 2.45) is 0 Å². The fraction of sp³-hybridized carbons (Fsp3) is 0.0769. The van der Waals surface area contributed by atoms with Crippen LogP contribution < -0.4 is 0 Å². The van der Waals surface area contributed by atoms with E-state index in [-0.39, 0.29) is 5.41 Å². The van der Waals surface area contributed by atoms with Gasteiger partial charge in [-0.15, -0.1) is 11.3 Å². The Morgan fingerprint density at radius 1 is 0.628 bits per heavy atom. The summed E-state index contributed by atoms with van der Waals surface area (Å²) in [6.45, 7) is 4.69. The van der Waals surface area contributed by atoms with Gasteiger partial charge < -0.3 is 0 Å². The van der Waals surface area contributed by atoms with E-state index in [1.165, 1.54) is 65.0 Å². The molecule has 4 aromatic heterocycles. The normalized spacial score (nSPS) is 13.5. The van der Waals surface area contributed by atoms with Gasteiger partial charge in [0.05, 0.1) is 0 Å². The molecule has 204 valence electrons. The van der Waals surface area contributed by atoms with Gasteiger partial charge in [0.15, 0.2) is 0 Å². The molecule has 0 unspecified atom stereocenters. The second-order valence-corrected chi connectivity index (χ2v) is 13.0. The van der Waals surface area contributed by atoms with Gasteiger partial charge in [-0.1, -0.05) is 86.6 Å². The molecule has 0 atom stereocenters. The molecule has 8 aromatic rings. The summed E-state index contributed by atoms with van der Waals surface area (Å²) in [5.41, 5.74) is 14.6. The van der Waals surface area contributed by atoms with E-state index in [1.807, 2.05) is 18.5 Å². The average molecular weight is 570 g/mol. The van der Waals surface area contributed by atoms with Gasteiger partial charge in [-0.2, -0.15) is 0 Å². The molecule has 43 heavy (non-hydrogen) atoms. The van der Waals surface area contributed by atoms with E-state index in [0.717, 1.165) is 16.7 Å². The van der Waals surface area contributed by atoms with Crippen LogP contribution in [0.5, 0.6) is 0 Å². The molecule has 0 saturated heterocycles. The number of thiophene rings is 1. The molecule has 0 aliphatic heterocycles. The number of imidazole rings is 1. The van der Waals surface area contributed by atoms with Gasteiger partial charge in [-0.3, -0.25) is 9.38 Å². The fourth-order valence-corrected chi connectivity index (χ4v) is 7.93. The first-order chi connectivity index (χ1) is 21.0. The quantitative estimate of drug-likeness (QED) is 0.212. The van der Waals surface area contributed by atoms with Crippen molar-refractivity contribution < 1.29 is 0 Å². The number of fused-ring (bicyclic) bond motifs is 8. The summed E-state index contributed by atoms with van der Waals surface area (Å²) >= 11 is 1.80. The van der Waals surface area contributed by atoms with Crippen LogP contribution in [0.25, 0.3) is 70.6 Å². The topological polar surface area (TPSA) is 30.2 Å². The third-order valence-corrected chi connectivity index (χ3v) is 10.3. The summed E-state index contributed by atoms with van der Waals surface area (Å²) in [7, 11) is 0. The molecule has 0 N–H and O–H groups in total. The molecule has 4 heterocycles. The maximum Gasteiger partial charge on any atom is 0.138 e. The molecule has 1 aliphatic rings. The van der Waals surface area contributed by atoms with Gasteiger partial charge >= 0.3 is 0 Å². The standard InChI is InChI=1S/C39H27N3S/c1-39(2)33-20-26(13-16-30(33)31-17-14-27(21-34(31)39)28-6-5-19-40-22-28)24-9-11-25(12-10-24)29-15-18-36-41-37-32-7-3-4-8-35(32)43-38(37)42(36)23-29/h3-23H,1-2H3. The van der Waals surface area contributed by atoms with Crippen molar-refractivity contribution in [2.75, 3.05) is 0 Å². The van der Waals surface area contributed by atoms with Crippen LogP contribution in [0.2, 0.25) is 0 Å². The van der Waals surface area contributed by atoms with Crippen LogP contribution in [0.4, 0.5) is 0 Å². The van der Waals surface area contributed by atoms with Gasteiger partial charge in [-0.25, -0.2) is 4.98 Å². The first kappa shape index (κ1) is 24.5. The second kappa shape index (κ2) is 8.97. The van der Waals surface area contributed by atoms with Crippen molar-refractivity contribution in [2.45, 2.75) is 19.3 Å². The summed E-state index contributed by atoms with van der Waals surface area (Å²) in [6, 6.07) is 39.8. The van der Waals surface area contributed by atoms with Crippen molar-refractivity contribution >= 4 is 37.4 Å². The third kappa shape index (κ3) is 3.66. The largest absolute Gasteiger partial charge is 0.290 e. The fourth-order valence-electron chi connectivity index (χ4n) is 6.81.